The minimum Gasteiger partial charge on any atom is -0.383 e. The van der Waals surface area contributed by atoms with Crippen LogP contribution in [0.2, 0.25) is 0 Å². The van der Waals surface area contributed by atoms with Crippen molar-refractivity contribution in [1.29, 1.82) is 0 Å². The van der Waals surface area contributed by atoms with Gasteiger partial charge in [0.05, 0.1) is 6.54 Å². The van der Waals surface area contributed by atoms with Crippen molar-refractivity contribution in [2.75, 3.05) is 11.4 Å². The van der Waals surface area contributed by atoms with Gasteiger partial charge in [-0.25, -0.2) is 0 Å². The Hall–Kier alpha value is -1.61. The second-order valence-corrected chi connectivity index (χ2v) is 4.48. The molecule has 1 aliphatic rings. The molecule has 1 unspecified atom stereocenters. The van der Waals surface area contributed by atoms with E-state index >= 15 is 0 Å². The normalized spacial score (nSPS) is 25.3. The summed E-state index contributed by atoms with van der Waals surface area (Å²) >= 11 is 0. The molecule has 0 spiro atoms. The van der Waals surface area contributed by atoms with Crippen LogP contribution < -0.4 is 4.90 Å². The summed E-state index contributed by atoms with van der Waals surface area (Å²) in [6.45, 7) is 7.51. The average Bonchev–Trinajstić information content (AvgIpc) is 2.44. The molecular formula is C13H15NO2. The highest BCUT2D eigenvalue weighted by atomic mass is 16.3. The third kappa shape index (κ3) is 1.63. The van der Waals surface area contributed by atoms with Gasteiger partial charge in [-0.2, -0.15) is 0 Å². The summed E-state index contributed by atoms with van der Waals surface area (Å²) in [5.41, 5.74) is 1.07. The quantitative estimate of drug-likeness (QED) is 0.727. The summed E-state index contributed by atoms with van der Waals surface area (Å²) in [7, 11) is 0. The molecule has 2 rings (SSSR count). The molecule has 16 heavy (non-hydrogen) atoms. The van der Waals surface area contributed by atoms with E-state index < -0.39 is 5.60 Å². The number of rotatable bonds is 1. The van der Waals surface area contributed by atoms with E-state index in [9.17, 15) is 9.90 Å². The van der Waals surface area contributed by atoms with Crippen LogP contribution in [-0.2, 0) is 4.79 Å². The molecule has 3 nitrogen and oxygen atoms in total. The zero-order valence-electron chi connectivity index (χ0n) is 9.53. The van der Waals surface area contributed by atoms with Gasteiger partial charge in [-0.1, -0.05) is 24.3 Å². The molecule has 1 aromatic rings. The Morgan fingerprint density at radius 3 is 2.38 bits per heavy atom. The predicted molar refractivity (Wildman–Crippen MR) is 63.3 cm³/mol. The molecule has 0 aliphatic carbocycles. The lowest BCUT2D eigenvalue weighted by molar-refractivity contribution is -0.114. The number of aryl methyl sites for hydroxylation is 1. The van der Waals surface area contributed by atoms with Gasteiger partial charge in [0.15, 0.2) is 0 Å². The first-order valence-corrected chi connectivity index (χ1v) is 5.22. The Morgan fingerprint density at radius 2 is 1.94 bits per heavy atom. The molecule has 0 aromatic heterocycles. The van der Waals surface area contributed by atoms with Crippen molar-refractivity contribution >= 4 is 11.6 Å². The highest BCUT2D eigenvalue weighted by Gasteiger charge is 2.42. The van der Waals surface area contributed by atoms with Crippen LogP contribution in [0.1, 0.15) is 12.5 Å². The van der Waals surface area contributed by atoms with E-state index in [1.54, 1.807) is 11.8 Å². The number of carbonyl (C=O) groups excluding carboxylic acids is 1. The zero-order valence-corrected chi connectivity index (χ0v) is 9.53. The first-order valence-electron chi connectivity index (χ1n) is 5.22. The molecule has 1 saturated heterocycles. The van der Waals surface area contributed by atoms with Crippen LogP contribution in [0, 0.1) is 6.92 Å². The molecule has 1 fully saturated rings. The van der Waals surface area contributed by atoms with E-state index in [1.807, 2.05) is 31.2 Å². The molecule has 0 bridgehead atoms. The first kappa shape index (κ1) is 10.9. The maximum atomic E-state index is 11.9. The number of β-amino-alcohol motifs (C(OH)–C–C–N with tert-alkyl or cyclic N) is 1. The average molecular weight is 217 g/mol. The molecule has 1 atom stereocenters. The number of hydrogen-bond acceptors (Lipinski definition) is 2. The van der Waals surface area contributed by atoms with E-state index in [1.165, 1.54) is 0 Å². The van der Waals surface area contributed by atoms with Crippen molar-refractivity contribution in [3.63, 3.8) is 0 Å². The molecular weight excluding hydrogens is 202 g/mol. The first-order chi connectivity index (χ1) is 7.42. The second-order valence-electron chi connectivity index (χ2n) is 4.48. The van der Waals surface area contributed by atoms with Crippen molar-refractivity contribution in [3.05, 3.63) is 42.0 Å². The van der Waals surface area contributed by atoms with E-state index in [0.717, 1.165) is 11.3 Å². The van der Waals surface area contributed by atoms with Gasteiger partial charge in [0.25, 0.3) is 5.91 Å². The fourth-order valence-corrected chi connectivity index (χ4v) is 1.80. The molecule has 1 aromatic carbocycles. The van der Waals surface area contributed by atoms with E-state index in [4.69, 9.17) is 0 Å². The summed E-state index contributed by atoms with van der Waals surface area (Å²) < 4.78 is 0. The van der Waals surface area contributed by atoms with Crippen molar-refractivity contribution in [2.24, 2.45) is 0 Å². The van der Waals surface area contributed by atoms with E-state index in [2.05, 4.69) is 6.58 Å². The lowest BCUT2D eigenvalue weighted by Gasteiger charge is -2.18. The Balaban J connectivity index is 2.34. The highest BCUT2D eigenvalue weighted by molar-refractivity contribution is 6.09. The Labute approximate surface area is 95.0 Å². The van der Waals surface area contributed by atoms with Crippen molar-refractivity contribution in [1.82, 2.24) is 0 Å². The molecule has 3 heteroatoms. The van der Waals surface area contributed by atoms with Gasteiger partial charge in [0.1, 0.15) is 5.60 Å². The van der Waals surface area contributed by atoms with Crippen LogP contribution in [0.4, 0.5) is 5.69 Å². The van der Waals surface area contributed by atoms with E-state index in [-0.39, 0.29) is 18.0 Å². The number of carbonyl (C=O) groups is 1. The van der Waals surface area contributed by atoms with Gasteiger partial charge in [-0.3, -0.25) is 4.79 Å². The summed E-state index contributed by atoms with van der Waals surface area (Å²) in [6, 6.07) is 7.64. The molecule has 84 valence electrons. The van der Waals surface area contributed by atoms with Crippen LogP contribution in [0.15, 0.2) is 36.4 Å². The van der Waals surface area contributed by atoms with Crippen LogP contribution >= 0.6 is 0 Å². The van der Waals surface area contributed by atoms with Crippen LogP contribution in [-0.4, -0.2) is 23.2 Å². The SMILES string of the molecule is C=C1C(=O)N(c2ccc(C)cc2)CC1(C)O. The molecule has 1 amide bonds. The minimum absolute atomic E-state index is 0.200. The molecule has 1 N–H and O–H groups in total. The van der Waals surface area contributed by atoms with Crippen molar-refractivity contribution < 1.29 is 9.90 Å². The predicted octanol–water partition coefficient (Wildman–Crippen LogP) is 1.65. The second kappa shape index (κ2) is 3.46. The van der Waals surface area contributed by atoms with Gasteiger partial charge in [-0.05, 0) is 26.0 Å². The smallest absolute Gasteiger partial charge is 0.256 e. The Kier molecular flexibility index (Phi) is 2.35. The molecule has 1 heterocycles. The number of anilines is 1. The summed E-state index contributed by atoms with van der Waals surface area (Å²) in [5, 5.41) is 9.96. The third-order valence-corrected chi connectivity index (χ3v) is 2.97. The molecule has 0 radical (unpaired) electrons. The van der Waals surface area contributed by atoms with E-state index in [0.29, 0.717) is 0 Å². The lowest BCUT2D eigenvalue weighted by atomic mass is 10.0. The van der Waals surface area contributed by atoms with Crippen LogP contribution in [0.25, 0.3) is 0 Å². The Bertz CT molecular complexity index is 446. The zero-order chi connectivity index (χ0) is 11.9. The highest BCUT2D eigenvalue weighted by Crippen LogP contribution is 2.30. The fraction of sp³-hybridized carbons (Fsp3) is 0.308. The van der Waals surface area contributed by atoms with Gasteiger partial charge < -0.3 is 10.0 Å². The maximum Gasteiger partial charge on any atom is 0.256 e. The van der Waals surface area contributed by atoms with Gasteiger partial charge in [0, 0.05) is 11.3 Å². The maximum absolute atomic E-state index is 11.9. The number of amides is 1. The number of nitrogens with zero attached hydrogens (tertiary/aromatic N) is 1. The minimum atomic E-state index is -1.12. The van der Waals surface area contributed by atoms with Crippen LogP contribution in [0.3, 0.4) is 0 Å². The van der Waals surface area contributed by atoms with Crippen LogP contribution in [0.5, 0.6) is 0 Å². The summed E-state index contributed by atoms with van der Waals surface area (Å²) in [5.74, 6) is -0.200. The number of hydrogen-bond donors (Lipinski definition) is 1. The standard InChI is InChI=1S/C13H15NO2/c1-9-4-6-11(7-5-9)14-8-13(3,16)10(2)12(14)15/h4-7,16H,2,8H2,1,3H3. The van der Waals surface area contributed by atoms with Crippen molar-refractivity contribution in [2.45, 2.75) is 19.4 Å². The summed E-state index contributed by atoms with van der Waals surface area (Å²) in [6.07, 6.45) is 0. The van der Waals surface area contributed by atoms with Gasteiger partial charge >= 0.3 is 0 Å². The fourth-order valence-electron chi connectivity index (χ4n) is 1.80. The third-order valence-electron chi connectivity index (χ3n) is 2.97. The topological polar surface area (TPSA) is 40.5 Å². The number of aliphatic hydroxyl groups is 1. The largest absolute Gasteiger partial charge is 0.383 e. The van der Waals surface area contributed by atoms with Gasteiger partial charge in [-0.15, -0.1) is 0 Å². The molecule has 0 saturated carbocycles. The van der Waals surface area contributed by atoms with Crippen molar-refractivity contribution in [3.8, 4) is 0 Å². The lowest BCUT2D eigenvalue weighted by Crippen LogP contribution is -2.30. The molecule has 1 aliphatic heterocycles. The Morgan fingerprint density at radius 1 is 1.38 bits per heavy atom. The number of benzene rings is 1. The van der Waals surface area contributed by atoms with Gasteiger partial charge in [0.2, 0.25) is 0 Å². The summed E-state index contributed by atoms with van der Waals surface area (Å²) in [4.78, 5) is 13.4. The monoisotopic (exact) mass is 217 g/mol.